The molecule has 0 spiro atoms. The molecule has 0 aromatic rings. The number of nitrogens with one attached hydrogen (secondary N) is 2. The second-order valence-corrected chi connectivity index (χ2v) is 17.3. The first-order chi connectivity index (χ1) is 22.2. The van der Waals surface area contributed by atoms with Crippen LogP contribution in [-0.4, -0.2) is 109 Å². The Morgan fingerprint density at radius 1 is 1.06 bits per heavy atom. The zero-order valence-corrected chi connectivity index (χ0v) is 30.7. The number of fused-ring (bicyclic) bond motifs is 2. The van der Waals surface area contributed by atoms with Crippen molar-refractivity contribution < 1.29 is 29.4 Å². The van der Waals surface area contributed by atoms with Crippen molar-refractivity contribution in [2.45, 2.75) is 135 Å². The van der Waals surface area contributed by atoms with Gasteiger partial charge in [0.05, 0.1) is 18.8 Å². The van der Waals surface area contributed by atoms with Gasteiger partial charge in [0.25, 0.3) is 0 Å². The highest BCUT2D eigenvalue weighted by atomic mass is 16.7. The molecule has 6 rings (SSSR count). The summed E-state index contributed by atoms with van der Waals surface area (Å²) in [5, 5.41) is 29.6. The zero-order valence-electron chi connectivity index (χ0n) is 30.7. The van der Waals surface area contributed by atoms with Crippen molar-refractivity contribution in [3.63, 3.8) is 0 Å². The molecule has 47 heavy (non-hydrogen) atoms. The summed E-state index contributed by atoms with van der Waals surface area (Å²) in [5.74, 6) is 1.86. The first-order valence-electron chi connectivity index (χ1n) is 18.7. The molecule has 10 heteroatoms. The third kappa shape index (κ3) is 7.43. The van der Waals surface area contributed by atoms with Crippen LogP contribution < -0.4 is 10.6 Å². The van der Waals surface area contributed by atoms with Crippen molar-refractivity contribution in [2.75, 3.05) is 34.4 Å². The molecule has 2 amide bonds. The van der Waals surface area contributed by atoms with Gasteiger partial charge in [0, 0.05) is 49.5 Å². The predicted octanol–water partition coefficient (Wildman–Crippen LogP) is 3.45. The summed E-state index contributed by atoms with van der Waals surface area (Å²) in [6.07, 6.45) is 6.53. The molecule has 6 unspecified atom stereocenters. The summed E-state index contributed by atoms with van der Waals surface area (Å²) < 4.78 is 6.34. The average Bonchev–Trinajstić information content (AvgIpc) is 3.39. The number of hydrogen-bond donors (Lipinski definition) is 4. The molecule has 5 saturated carbocycles. The van der Waals surface area contributed by atoms with Crippen molar-refractivity contribution in [1.29, 1.82) is 0 Å². The molecule has 1 saturated heterocycles. The highest BCUT2D eigenvalue weighted by molar-refractivity contribution is 5.83. The monoisotopic (exact) mass is 662 g/mol. The Balaban J connectivity index is 1.33. The van der Waals surface area contributed by atoms with Crippen molar-refractivity contribution in [3.05, 3.63) is 0 Å². The smallest absolute Gasteiger partial charge is 0.240 e. The van der Waals surface area contributed by atoms with Crippen LogP contribution in [0, 0.1) is 52.8 Å². The summed E-state index contributed by atoms with van der Waals surface area (Å²) in [7, 11) is 6.03. The zero-order chi connectivity index (χ0) is 34.4. The third-order valence-corrected chi connectivity index (χ3v) is 13.6. The van der Waals surface area contributed by atoms with Gasteiger partial charge >= 0.3 is 0 Å². The highest BCUT2D eigenvalue weighted by Gasteiger charge is 2.58. The molecular weight excluding hydrogens is 596 g/mol. The number of methoxy groups -OCH3 is 1. The molecular formula is C37H66N4O6. The largest absolute Gasteiger partial charge is 0.394 e. The second kappa shape index (κ2) is 14.9. The Kier molecular flexibility index (Phi) is 11.7. The summed E-state index contributed by atoms with van der Waals surface area (Å²) in [6, 6.07) is -0.142. The summed E-state index contributed by atoms with van der Waals surface area (Å²) in [6.45, 7) is 13.0. The van der Waals surface area contributed by atoms with Crippen molar-refractivity contribution in [1.82, 2.24) is 20.6 Å². The highest BCUT2D eigenvalue weighted by Crippen LogP contribution is 2.61. The molecule has 1 aliphatic heterocycles. The molecule has 270 valence electrons. The molecule has 14 atom stereocenters. The minimum absolute atomic E-state index is 0.0210. The average molecular weight is 663 g/mol. The lowest BCUT2D eigenvalue weighted by Gasteiger charge is -2.62. The number of rotatable bonds is 11. The fourth-order valence-corrected chi connectivity index (χ4v) is 10.8. The lowest BCUT2D eigenvalue weighted by atomic mass is 9.45. The van der Waals surface area contributed by atoms with Crippen LogP contribution in [0.1, 0.15) is 92.9 Å². The molecule has 5 aliphatic carbocycles. The van der Waals surface area contributed by atoms with Crippen molar-refractivity contribution >= 4 is 11.8 Å². The van der Waals surface area contributed by atoms with Gasteiger partial charge in [-0.1, -0.05) is 27.2 Å². The van der Waals surface area contributed by atoms with Crippen molar-refractivity contribution in [2.24, 2.45) is 52.8 Å². The van der Waals surface area contributed by atoms with Crippen molar-refractivity contribution in [3.8, 4) is 0 Å². The van der Waals surface area contributed by atoms with Gasteiger partial charge in [-0.25, -0.2) is 0 Å². The molecule has 6 fully saturated rings. The number of aliphatic hydroxyl groups excluding tert-OH is 2. The maximum atomic E-state index is 14.2. The van der Waals surface area contributed by atoms with Gasteiger partial charge < -0.3 is 30.5 Å². The number of amides is 2. The van der Waals surface area contributed by atoms with E-state index in [1.807, 2.05) is 13.8 Å². The van der Waals surface area contributed by atoms with E-state index in [1.165, 1.54) is 6.42 Å². The standard InChI is InChI=1S/C37H66N4O6/c1-20(2)38-35(44)25-13-24(14-27(15-25)40(7)8)28-12-10-11-23(34(28)46-9)18-41-33(32(22(4)43)31(19-42)47-41)36(45)39-30-17-26-16-29(21(30)3)37(26,5)6/h20-34,42-43H,10-19H2,1-9H3,(H,38,44)(H,39,45)/t21-,22-,23?,24?,25?,26+,27?,28?,29-,30-,31-,32+,33-,34?/m0/s1. The summed E-state index contributed by atoms with van der Waals surface area (Å²) in [4.78, 5) is 36.1. The Hall–Kier alpha value is -1.30. The van der Waals surface area contributed by atoms with Gasteiger partial charge in [-0.05, 0) is 115 Å². The van der Waals surface area contributed by atoms with E-state index >= 15 is 0 Å². The Bertz CT molecular complexity index is 1090. The van der Waals surface area contributed by atoms with Gasteiger partial charge in [-0.15, -0.1) is 0 Å². The topological polar surface area (TPSA) is 124 Å². The Morgan fingerprint density at radius 3 is 2.36 bits per heavy atom. The molecule has 0 aromatic carbocycles. The SMILES string of the molecule is COC1C(CN2O[C@@H](CO)[C@@H]([C@H](C)O)[C@H]2C(=O)N[C@H]2C[C@H]3C[C@@H]([C@@H]2C)C3(C)C)CCCC1C1CC(C(=O)NC(C)C)CC(N(C)C)C1. The van der Waals surface area contributed by atoms with E-state index < -0.39 is 24.2 Å². The van der Waals surface area contributed by atoms with Crippen LogP contribution in [0.4, 0.5) is 0 Å². The number of ether oxygens (including phenoxy) is 1. The van der Waals surface area contributed by atoms with Crippen LogP contribution in [0.25, 0.3) is 0 Å². The summed E-state index contributed by atoms with van der Waals surface area (Å²) in [5.41, 5.74) is 0.323. The molecule has 10 nitrogen and oxygen atoms in total. The first kappa shape index (κ1) is 37.0. The van der Waals surface area contributed by atoms with Gasteiger partial charge in [0.1, 0.15) is 12.1 Å². The van der Waals surface area contributed by atoms with E-state index in [-0.39, 0.29) is 48.4 Å². The number of hydroxylamine groups is 2. The van der Waals surface area contributed by atoms with Crippen LogP contribution in [-0.2, 0) is 19.2 Å². The number of carbonyl (C=O) groups is 2. The summed E-state index contributed by atoms with van der Waals surface area (Å²) >= 11 is 0. The Labute approximate surface area is 284 Å². The predicted molar refractivity (Wildman–Crippen MR) is 182 cm³/mol. The van der Waals surface area contributed by atoms with Crippen LogP contribution in [0.15, 0.2) is 0 Å². The van der Waals surface area contributed by atoms with Gasteiger partial charge in [-0.2, -0.15) is 5.06 Å². The maximum absolute atomic E-state index is 14.2. The van der Waals surface area contributed by atoms with Gasteiger partial charge in [0.15, 0.2) is 0 Å². The lowest BCUT2D eigenvalue weighted by Crippen LogP contribution is -2.62. The number of hydrogen-bond acceptors (Lipinski definition) is 8. The van der Waals surface area contributed by atoms with E-state index in [0.29, 0.717) is 47.6 Å². The fraction of sp³-hybridized carbons (Fsp3) is 0.946. The number of carbonyl (C=O) groups excluding carboxylic acids is 2. The third-order valence-electron chi connectivity index (χ3n) is 13.6. The lowest BCUT2D eigenvalue weighted by molar-refractivity contribution is -0.193. The Morgan fingerprint density at radius 2 is 1.79 bits per heavy atom. The normalized spacial score (nSPS) is 42.6. The molecule has 0 aromatic heterocycles. The van der Waals surface area contributed by atoms with Crippen LogP contribution >= 0.6 is 0 Å². The minimum atomic E-state index is -0.819. The molecule has 0 radical (unpaired) electrons. The van der Waals surface area contributed by atoms with Crippen LogP contribution in [0.5, 0.6) is 0 Å². The maximum Gasteiger partial charge on any atom is 0.240 e. The van der Waals surface area contributed by atoms with E-state index in [9.17, 15) is 19.8 Å². The molecule has 4 N–H and O–H groups in total. The molecule has 2 bridgehead atoms. The van der Waals surface area contributed by atoms with Gasteiger partial charge in [-0.3, -0.25) is 14.4 Å². The quantitative estimate of drug-likeness (QED) is 0.266. The number of nitrogens with zero attached hydrogens (tertiary/aromatic N) is 2. The van der Waals surface area contributed by atoms with E-state index in [0.717, 1.165) is 44.9 Å². The molecule has 6 aliphatic rings. The van der Waals surface area contributed by atoms with Crippen LogP contribution in [0.2, 0.25) is 0 Å². The van der Waals surface area contributed by atoms with E-state index in [4.69, 9.17) is 9.57 Å². The van der Waals surface area contributed by atoms with E-state index in [1.54, 1.807) is 19.1 Å². The molecule has 1 heterocycles. The first-order valence-corrected chi connectivity index (χ1v) is 18.7. The second-order valence-electron chi connectivity index (χ2n) is 17.3. The fourth-order valence-electron chi connectivity index (χ4n) is 10.8. The minimum Gasteiger partial charge on any atom is -0.394 e. The van der Waals surface area contributed by atoms with Gasteiger partial charge in [0.2, 0.25) is 11.8 Å². The van der Waals surface area contributed by atoms with E-state index in [2.05, 4.69) is 50.4 Å². The number of aliphatic hydroxyl groups is 2. The van der Waals surface area contributed by atoms with Crippen LogP contribution in [0.3, 0.4) is 0 Å².